The zero-order chi connectivity index (χ0) is 8.55. The van der Waals surface area contributed by atoms with Gasteiger partial charge in [-0.1, -0.05) is 11.3 Å². The summed E-state index contributed by atoms with van der Waals surface area (Å²) in [5.41, 5.74) is 6.38. The molecule has 0 saturated heterocycles. The molecule has 62 valence electrons. The first-order chi connectivity index (χ1) is 5.77. The Morgan fingerprint density at radius 1 is 1.50 bits per heavy atom. The molecule has 0 saturated carbocycles. The van der Waals surface area contributed by atoms with E-state index in [1.54, 1.807) is 10.9 Å². The Hall–Kier alpha value is -1.43. The Bertz CT molecular complexity index is 390. The summed E-state index contributed by atoms with van der Waals surface area (Å²) in [6.07, 6.45) is 1.72. The minimum atomic E-state index is 0.478. The summed E-state index contributed by atoms with van der Waals surface area (Å²) in [5, 5.41) is 12.9. The lowest BCUT2D eigenvalue weighted by molar-refractivity contribution is 0.774. The van der Waals surface area contributed by atoms with Crippen LogP contribution < -0.4 is 5.73 Å². The first kappa shape index (κ1) is 7.23. The Kier molecular flexibility index (Phi) is 1.54. The van der Waals surface area contributed by atoms with Crippen LogP contribution in [0.3, 0.4) is 0 Å². The molecule has 2 rings (SSSR count). The summed E-state index contributed by atoms with van der Waals surface area (Å²) in [5.74, 6) is 0. The average molecular weight is 181 g/mol. The third kappa shape index (κ3) is 1.06. The van der Waals surface area contributed by atoms with E-state index in [4.69, 9.17) is 5.73 Å². The van der Waals surface area contributed by atoms with Crippen molar-refractivity contribution in [2.24, 2.45) is 7.05 Å². The largest absolute Gasteiger partial charge is 0.374 e. The highest BCUT2D eigenvalue weighted by Crippen LogP contribution is 2.23. The van der Waals surface area contributed by atoms with Crippen LogP contribution in [0, 0.1) is 0 Å². The van der Waals surface area contributed by atoms with E-state index in [1.165, 1.54) is 11.3 Å². The molecule has 2 aromatic rings. The standard InChI is InChI=1S/C6H7N5S/c1-11-4(2-3-8-11)5-9-10-6(7)12-5/h2-3H,1H3,(H2,7,10). The van der Waals surface area contributed by atoms with Crippen molar-refractivity contribution in [1.29, 1.82) is 0 Å². The van der Waals surface area contributed by atoms with Crippen molar-refractivity contribution >= 4 is 16.5 Å². The van der Waals surface area contributed by atoms with E-state index in [9.17, 15) is 0 Å². The predicted molar refractivity (Wildman–Crippen MR) is 46.5 cm³/mol. The summed E-state index contributed by atoms with van der Waals surface area (Å²) in [6.45, 7) is 0. The molecule has 0 amide bonds. The Balaban J connectivity index is 2.50. The van der Waals surface area contributed by atoms with Crippen molar-refractivity contribution in [3.63, 3.8) is 0 Å². The molecule has 0 spiro atoms. The highest BCUT2D eigenvalue weighted by molar-refractivity contribution is 7.18. The fourth-order valence-corrected chi connectivity index (χ4v) is 1.59. The van der Waals surface area contributed by atoms with Crippen molar-refractivity contribution in [3.05, 3.63) is 12.3 Å². The molecule has 12 heavy (non-hydrogen) atoms. The summed E-state index contributed by atoms with van der Waals surface area (Å²) in [7, 11) is 1.85. The summed E-state index contributed by atoms with van der Waals surface area (Å²) >= 11 is 1.35. The molecule has 0 unspecified atom stereocenters. The maximum atomic E-state index is 5.45. The van der Waals surface area contributed by atoms with Gasteiger partial charge in [-0.15, -0.1) is 10.2 Å². The van der Waals surface area contributed by atoms with Gasteiger partial charge in [0.25, 0.3) is 0 Å². The molecule has 0 atom stereocenters. The van der Waals surface area contributed by atoms with Crippen LogP contribution in [0.1, 0.15) is 0 Å². The highest BCUT2D eigenvalue weighted by atomic mass is 32.1. The van der Waals surface area contributed by atoms with E-state index >= 15 is 0 Å². The Morgan fingerprint density at radius 2 is 2.33 bits per heavy atom. The third-order valence-electron chi connectivity index (χ3n) is 1.48. The molecule has 0 radical (unpaired) electrons. The number of hydrogen-bond acceptors (Lipinski definition) is 5. The second kappa shape index (κ2) is 2.56. The fourth-order valence-electron chi connectivity index (χ4n) is 0.922. The summed E-state index contributed by atoms with van der Waals surface area (Å²) in [4.78, 5) is 0. The molecule has 2 heterocycles. The molecule has 0 fully saturated rings. The lowest BCUT2D eigenvalue weighted by atomic mass is 10.4. The Labute approximate surface area is 72.8 Å². The van der Waals surface area contributed by atoms with Gasteiger partial charge < -0.3 is 5.73 Å². The minimum Gasteiger partial charge on any atom is -0.374 e. The second-order valence-corrected chi connectivity index (χ2v) is 3.29. The molecular formula is C6H7N5S. The van der Waals surface area contributed by atoms with E-state index in [2.05, 4.69) is 15.3 Å². The summed E-state index contributed by atoms with van der Waals surface area (Å²) < 4.78 is 1.74. The molecule has 2 aromatic heterocycles. The Morgan fingerprint density at radius 3 is 2.83 bits per heavy atom. The van der Waals surface area contributed by atoms with Gasteiger partial charge in [-0.25, -0.2) is 0 Å². The van der Waals surface area contributed by atoms with Gasteiger partial charge in [0, 0.05) is 13.2 Å². The molecule has 0 aliphatic rings. The SMILES string of the molecule is Cn1nccc1-c1nnc(N)s1. The lowest BCUT2D eigenvalue weighted by Gasteiger charge is -1.93. The van der Waals surface area contributed by atoms with Crippen LogP contribution in [0.4, 0.5) is 5.13 Å². The van der Waals surface area contributed by atoms with Crippen molar-refractivity contribution in [2.45, 2.75) is 0 Å². The molecular weight excluding hydrogens is 174 g/mol. The molecule has 0 aromatic carbocycles. The number of aromatic nitrogens is 4. The molecule has 0 aliphatic heterocycles. The fraction of sp³-hybridized carbons (Fsp3) is 0.167. The number of anilines is 1. The quantitative estimate of drug-likeness (QED) is 0.696. The number of aryl methyl sites for hydroxylation is 1. The van der Waals surface area contributed by atoms with Crippen LogP contribution in [0.5, 0.6) is 0 Å². The topological polar surface area (TPSA) is 69.6 Å². The van der Waals surface area contributed by atoms with Crippen LogP contribution in [-0.4, -0.2) is 20.0 Å². The smallest absolute Gasteiger partial charge is 0.203 e. The molecule has 0 bridgehead atoms. The van der Waals surface area contributed by atoms with Crippen molar-refractivity contribution in [3.8, 4) is 10.7 Å². The van der Waals surface area contributed by atoms with E-state index in [0.717, 1.165) is 10.7 Å². The van der Waals surface area contributed by atoms with Gasteiger partial charge in [0.05, 0.1) is 5.69 Å². The van der Waals surface area contributed by atoms with E-state index in [1.807, 2.05) is 13.1 Å². The van der Waals surface area contributed by atoms with Crippen molar-refractivity contribution in [1.82, 2.24) is 20.0 Å². The zero-order valence-corrected chi connectivity index (χ0v) is 7.25. The van der Waals surface area contributed by atoms with E-state index in [-0.39, 0.29) is 0 Å². The van der Waals surface area contributed by atoms with Crippen LogP contribution in [0.15, 0.2) is 12.3 Å². The van der Waals surface area contributed by atoms with Gasteiger partial charge in [-0.2, -0.15) is 5.10 Å². The number of hydrogen-bond donors (Lipinski definition) is 1. The van der Waals surface area contributed by atoms with Gasteiger partial charge >= 0.3 is 0 Å². The molecule has 6 heteroatoms. The maximum Gasteiger partial charge on any atom is 0.203 e. The van der Waals surface area contributed by atoms with Crippen molar-refractivity contribution < 1.29 is 0 Å². The molecule has 0 aliphatic carbocycles. The second-order valence-electron chi connectivity index (χ2n) is 2.29. The first-order valence-corrected chi connectivity index (χ1v) is 4.16. The molecule has 2 N–H and O–H groups in total. The summed E-state index contributed by atoms with van der Waals surface area (Å²) in [6, 6.07) is 1.87. The number of nitrogens with zero attached hydrogens (tertiary/aromatic N) is 4. The molecule has 5 nitrogen and oxygen atoms in total. The van der Waals surface area contributed by atoms with Crippen LogP contribution in [-0.2, 0) is 7.05 Å². The lowest BCUT2D eigenvalue weighted by Crippen LogP contribution is -1.92. The highest BCUT2D eigenvalue weighted by Gasteiger charge is 2.07. The number of nitrogen functional groups attached to an aromatic ring is 1. The maximum absolute atomic E-state index is 5.45. The van der Waals surface area contributed by atoms with Gasteiger partial charge in [-0.05, 0) is 6.07 Å². The third-order valence-corrected chi connectivity index (χ3v) is 2.26. The minimum absolute atomic E-state index is 0.478. The average Bonchev–Trinajstić information content (AvgIpc) is 2.58. The van der Waals surface area contributed by atoms with Crippen LogP contribution in [0.2, 0.25) is 0 Å². The van der Waals surface area contributed by atoms with Crippen LogP contribution >= 0.6 is 11.3 Å². The van der Waals surface area contributed by atoms with Gasteiger partial charge in [-0.3, -0.25) is 4.68 Å². The van der Waals surface area contributed by atoms with Gasteiger partial charge in [0.15, 0.2) is 5.01 Å². The van der Waals surface area contributed by atoms with Crippen molar-refractivity contribution in [2.75, 3.05) is 5.73 Å². The van der Waals surface area contributed by atoms with Gasteiger partial charge in [0.2, 0.25) is 5.13 Å². The van der Waals surface area contributed by atoms with Crippen LogP contribution in [0.25, 0.3) is 10.7 Å². The zero-order valence-electron chi connectivity index (χ0n) is 6.43. The number of rotatable bonds is 1. The van der Waals surface area contributed by atoms with E-state index < -0.39 is 0 Å². The predicted octanol–water partition coefficient (Wildman–Crippen LogP) is 0.521. The normalized spacial score (nSPS) is 10.4. The van der Waals surface area contributed by atoms with Gasteiger partial charge in [0.1, 0.15) is 0 Å². The van der Waals surface area contributed by atoms with E-state index in [0.29, 0.717) is 5.13 Å². The monoisotopic (exact) mass is 181 g/mol. The number of nitrogens with two attached hydrogens (primary N) is 1. The first-order valence-electron chi connectivity index (χ1n) is 3.35.